The highest BCUT2D eigenvalue weighted by molar-refractivity contribution is 5.83. The number of alkyl halides is 4. The highest BCUT2D eigenvalue weighted by Gasteiger charge is 2.61. The first kappa shape index (κ1) is 11.5. The van der Waals surface area contributed by atoms with Gasteiger partial charge in [-0.1, -0.05) is 30.3 Å². The molecule has 6 heteroatoms. The van der Waals surface area contributed by atoms with E-state index in [1.807, 2.05) is 0 Å². The van der Waals surface area contributed by atoms with E-state index < -0.39 is 23.3 Å². The third-order valence-electron chi connectivity index (χ3n) is 1.84. The molecule has 1 rings (SSSR count). The summed E-state index contributed by atoms with van der Waals surface area (Å²) in [6.45, 7) is 0. The molecule has 1 aromatic carbocycles. The fourth-order valence-electron chi connectivity index (χ4n) is 0.983. The monoisotopic (exact) mass is 221 g/mol. The Balaban J connectivity index is 3.19. The fourth-order valence-corrected chi connectivity index (χ4v) is 0.983. The molecule has 0 saturated heterocycles. The van der Waals surface area contributed by atoms with Crippen molar-refractivity contribution in [2.45, 2.75) is 11.8 Å². The van der Waals surface area contributed by atoms with Crippen LogP contribution in [-0.4, -0.2) is 11.8 Å². The summed E-state index contributed by atoms with van der Waals surface area (Å²) in [4.78, 5) is 10.2. The van der Waals surface area contributed by atoms with Gasteiger partial charge in [-0.15, -0.1) is 0 Å². The molecule has 0 unspecified atom stereocenters. The Morgan fingerprint density at radius 3 is 1.93 bits per heavy atom. The molecule has 0 spiro atoms. The third kappa shape index (κ3) is 1.79. The Bertz CT molecular complexity index is 364. The summed E-state index contributed by atoms with van der Waals surface area (Å²) >= 11 is 0. The van der Waals surface area contributed by atoms with Gasteiger partial charge in [0.05, 0.1) is 0 Å². The average Bonchev–Trinajstić information content (AvgIpc) is 2.18. The number of nitrogens with two attached hydrogens (primary N) is 1. The maximum absolute atomic E-state index is 13.1. The smallest absolute Gasteiger partial charge is 0.364 e. The zero-order valence-electron chi connectivity index (χ0n) is 7.38. The van der Waals surface area contributed by atoms with Crippen LogP contribution in [0.2, 0.25) is 0 Å². The lowest BCUT2D eigenvalue weighted by molar-refractivity contribution is -0.212. The van der Waals surface area contributed by atoms with E-state index in [9.17, 15) is 22.4 Å². The maximum atomic E-state index is 13.1. The highest BCUT2D eigenvalue weighted by atomic mass is 19.3. The predicted molar refractivity (Wildman–Crippen MR) is 44.5 cm³/mol. The van der Waals surface area contributed by atoms with Gasteiger partial charge in [-0.3, -0.25) is 4.79 Å². The molecular formula is C9H7F4NO. The van der Waals surface area contributed by atoms with Gasteiger partial charge in [0.2, 0.25) is 0 Å². The van der Waals surface area contributed by atoms with Gasteiger partial charge in [-0.25, -0.2) is 0 Å². The van der Waals surface area contributed by atoms with Crippen LogP contribution in [0.25, 0.3) is 0 Å². The Morgan fingerprint density at radius 2 is 1.53 bits per heavy atom. The van der Waals surface area contributed by atoms with Crippen LogP contribution in [0.5, 0.6) is 0 Å². The van der Waals surface area contributed by atoms with Crippen molar-refractivity contribution in [2.75, 3.05) is 0 Å². The number of carbonyl (C=O) groups is 1. The maximum Gasteiger partial charge on any atom is 0.390 e. The van der Waals surface area contributed by atoms with Crippen molar-refractivity contribution in [1.82, 2.24) is 0 Å². The molecule has 0 aromatic heterocycles. The van der Waals surface area contributed by atoms with Gasteiger partial charge in [-0.05, 0) is 0 Å². The molecule has 0 aliphatic carbocycles. The average molecular weight is 221 g/mol. The van der Waals surface area contributed by atoms with Crippen molar-refractivity contribution in [2.24, 2.45) is 5.73 Å². The second-order valence-corrected chi connectivity index (χ2v) is 2.88. The highest BCUT2D eigenvalue weighted by Crippen LogP contribution is 2.42. The van der Waals surface area contributed by atoms with Crippen molar-refractivity contribution in [3.63, 3.8) is 0 Å². The number of halogens is 4. The number of hydrogen-bond acceptors (Lipinski definition) is 1. The van der Waals surface area contributed by atoms with E-state index in [0.29, 0.717) is 0 Å². The van der Waals surface area contributed by atoms with Gasteiger partial charge in [-0.2, -0.15) is 17.6 Å². The first-order valence-electron chi connectivity index (χ1n) is 3.91. The van der Waals surface area contributed by atoms with Crippen molar-refractivity contribution in [3.8, 4) is 0 Å². The molecule has 0 saturated carbocycles. The second-order valence-electron chi connectivity index (χ2n) is 2.88. The molecule has 1 aromatic rings. The molecule has 2 N–H and O–H groups in total. The zero-order valence-corrected chi connectivity index (χ0v) is 7.38. The van der Waals surface area contributed by atoms with Crippen molar-refractivity contribution < 1.29 is 22.4 Å². The van der Waals surface area contributed by atoms with Crippen LogP contribution >= 0.6 is 0 Å². The van der Waals surface area contributed by atoms with Crippen LogP contribution in [0.3, 0.4) is 0 Å². The first-order valence-corrected chi connectivity index (χ1v) is 3.91. The van der Waals surface area contributed by atoms with Crippen LogP contribution < -0.4 is 5.73 Å². The zero-order chi connectivity index (χ0) is 11.7. The normalized spacial score (nSPS) is 12.5. The van der Waals surface area contributed by atoms with Gasteiger partial charge in [0, 0.05) is 5.56 Å². The summed E-state index contributed by atoms with van der Waals surface area (Å²) in [6.07, 6.45) is 0. The Hall–Kier alpha value is -1.59. The topological polar surface area (TPSA) is 43.1 Å². The van der Waals surface area contributed by atoms with Crippen molar-refractivity contribution in [3.05, 3.63) is 35.9 Å². The van der Waals surface area contributed by atoms with E-state index in [4.69, 9.17) is 0 Å². The van der Waals surface area contributed by atoms with Crippen molar-refractivity contribution >= 4 is 5.91 Å². The molecule has 0 heterocycles. The van der Waals surface area contributed by atoms with E-state index in [2.05, 4.69) is 5.73 Å². The van der Waals surface area contributed by atoms with Crippen LogP contribution in [-0.2, 0) is 10.7 Å². The lowest BCUT2D eigenvalue weighted by Crippen LogP contribution is -2.48. The van der Waals surface area contributed by atoms with Gasteiger partial charge < -0.3 is 5.73 Å². The molecule has 1 amide bonds. The molecule has 0 aliphatic rings. The van der Waals surface area contributed by atoms with Crippen LogP contribution in [0.15, 0.2) is 30.3 Å². The molecular weight excluding hydrogens is 214 g/mol. The number of benzene rings is 1. The molecule has 0 aliphatic heterocycles. The molecule has 15 heavy (non-hydrogen) atoms. The van der Waals surface area contributed by atoms with E-state index in [1.54, 1.807) is 0 Å². The van der Waals surface area contributed by atoms with Crippen LogP contribution in [0, 0.1) is 0 Å². The van der Waals surface area contributed by atoms with Crippen LogP contribution in [0.4, 0.5) is 17.6 Å². The lowest BCUT2D eigenvalue weighted by Gasteiger charge is -2.23. The minimum absolute atomic E-state index is 0.802. The Morgan fingerprint density at radius 1 is 1.07 bits per heavy atom. The molecule has 82 valence electrons. The SMILES string of the molecule is NC(=O)C(F)(F)C(F)(F)c1ccccc1. The number of carbonyl (C=O) groups excluding carboxylic acids is 1. The number of amides is 1. The standard InChI is InChI=1S/C9H7F4NO/c10-8(11,9(12,13)7(14)15)6-4-2-1-3-5-6/h1-5H,(H2,14,15). The quantitative estimate of drug-likeness (QED) is 0.778. The molecule has 0 bridgehead atoms. The second kappa shape index (κ2) is 3.52. The van der Waals surface area contributed by atoms with E-state index in [0.717, 1.165) is 12.1 Å². The summed E-state index contributed by atoms with van der Waals surface area (Å²) in [5.41, 5.74) is 3.27. The largest absolute Gasteiger partial charge is 0.390 e. The van der Waals surface area contributed by atoms with Crippen molar-refractivity contribution in [1.29, 1.82) is 0 Å². The van der Waals surface area contributed by atoms with Gasteiger partial charge in [0.25, 0.3) is 5.91 Å². The number of primary amides is 1. The van der Waals surface area contributed by atoms with Gasteiger partial charge in [0.15, 0.2) is 0 Å². The van der Waals surface area contributed by atoms with E-state index in [1.165, 1.54) is 18.2 Å². The third-order valence-corrected chi connectivity index (χ3v) is 1.84. The Kier molecular flexibility index (Phi) is 2.70. The number of hydrogen-bond donors (Lipinski definition) is 1. The van der Waals surface area contributed by atoms with Gasteiger partial charge >= 0.3 is 11.8 Å². The summed E-state index contributed by atoms with van der Waals surface area (Å²) in [5, 5.41) is 0. The van der Waals surface area contributed by atoms with E-state index in [-0.39, 0.29) is 0 Å². The first-order chi connectivity index (χ1) is 6.80. The lowest BCUT2D eigenvalue weighted by atomic mass is 10.0. The number of rotatable bonds is 3. The molecule has 0 fully saturated rings. The summed E-state index contributed by atoms with van der Waals surface area (Å²) in [6, 6.07) is 5.33. The summed E-state index contributed by atoms with van der Waals surface area (Å²) in [7, 11) is 0. The summed E-state index contributed by atoms with van der Waals surface area (Å²) in [5.74, 6) is -11.8. The van der Waals surface area contributed by atoms with Gasteiger partial charge in [0.1, 0.15) is 0 Å². The predicted octanol–water partition coefficient (Wildman–Crippen LogP) is 1.90. The minimum atomic E-state index is -4.89. The van der Waals surface area contributed by atoms with Crippen LogP contribution in [0.1, 0.15) is 5.56 Å². The molecule has 2 nitrogen and oxygen atoms in total. The summed E-state index contributed by atoms with van der Waals surface area (Å²) < 4.78 is 51.8. The fraction of sp³-hybridized carbons (Fsp3) is 0.222. The van der Waals surface area contributed by atoms with E-state index >= 15 is 0 Å². The Labute approximate surface area is 82.7 Å². The molecule has 0 radical (unpaired) electrons. The minimum Gasteiger partial charge on any atom is -0.364 e. The molecule has 0 atom stereocenters.